The molecule has 1 saturated heterocycles. The molecule has 0 saturated carbocycles. The molecule has 0 amide bonds. The second-order valence-electron chi connectivity index (χ2n) is 7.69. The minimum atomic E-state index is -0.476. The van der Waals surface area contributed by atoms with E-state index >= 15 is 0 Å². The second-order valence-corrected chi connectivity index (χ2v) is 7.69. The van der Waals surface area contributed by atoms with E-state index in [-0.39, 0.29) is 18.3 Å². The van der Waals surface area contributed by atoms with E-state index in [2.05, 4.69) is 52.1 Å². The molecule has 1 aromatic rings. The van der Waals surface area contributed by atoms with Gasteiger partial charge in [0, 0.05) is 19.7 Å². The predicted octanol–water partition coefficient (Wildman–Crippen LogP) is 1.86. The van der Waals surface area contributed by atoms with Crippen LogP contribution in [0, 0.1) is 0 Å². The summed E-state index contributed by atoms with van der Waals surface area (Å²) >= 11 is 0. The Kier molecular flexibility index (Phi) is 7.06. The number of hydrogen-bond donors (Lipinski definition) is 2. The minimum absolute atomic E-state index is 0.326. The van der Waals surface area contributed by atoms with E-state index in [4.69, 9.17) is 14.0 Å². The Balaban J connectivity index is 1.79. The fourth-order valence-electron chi connectivity index (χ4n) is 2.58. The first-order chi connectivity index (χ1) is 11.7. The number of aliphatic hydroxyl groups excluding tert-OH is 1. The van der Waals surface area contributed by atoms with Gasteiger partial charge in [0.05, 0.1) is 23.9 Å². The molecule has 2 rings (SSSR count). The van der Waals surface area contributed by atoms with Gasteiger partial charge in [-0.1, -0.05) is 31.2 Å². The van der Waals surface area contributed by atoms with Crippen molar-refractivity contribution in [2.45, 2.75) is 64.9 Å². The maximum atomic E-state index is 9.82. The lowest BCUT2D eigenvalue weighted by Crippen LogP contribution is -2.41. The minimum Gasteiger partial charge on any atom is -0.399 e. The Hall–Kier alpha value is -0.915. The molecule has 0 aliphatic carbocycles. The van der Waals surface area contributed by atoms with E-state index in [0.29, 0.717) is 26.3 Å². The van der Waals surface area contributed by atoms with E-state index < -0.39 is 6.10 Å². The van der Waals surface area contributed by atoms with E-state index in [0.717, 1.165) is 17.4 Å². The smallest absolute Gasteiger partial charge is 0.399 e. The van der Waals surface area contributed by atoms with Gasteiger partial charge in [0.15, 0.2) is 0 Å². The largest absolute Gasteiger partial charge is 0.494 e. The summed E-state index contributed by atoms with van der Waals surface area (Å²) in [5.74, 6) is 0. The molecule has 0 radical (unpaired) electrons. The number of aliphatic hydroxyl groups is 1. The molecule has 1 unspecified atom stereocenters. The Morgan fingerprint density at radius 3 is 2.28 bits per heavy atom. The molecule has 1 atom stereocenters. The fourth-order valence-corrected chi connectivity index (χ4v) is 2.58. The van der Waals surface area contributed by atoms with Gasteiger partial charge in [0.1, 0.15) is 0 Å². The zero-order chi connectivity index (χ0) is 18.5. The summed E-state index contributed by atoms with van der Waals surface area (Å²) in [7, 11) is -0.329. The summed E-state index contributed by atoms with van der Waals surface area (Å²) in [5.41, 5.74) is 1.53. The van der Waals surface area contributed by atoms with Crippen LogP contribution in [0.3, 0.4) is 0 Å². The van der Waals surface area contributed by atoms with Crippen molar-refractivity contribution in [2.24, 2.45) is 0 Å². The lowest BCUT2D eigenvalue weighted by Gasteiger charge is -2.32. The summed E-state index contributed by atoms with van der Waals surface area (Å²) in [5, 5.41) is 13.1. The normalized spacial score (nSPS) is 20.0. The number of nitrogens with one attached hydrogen (secondary N) is 1. The van der Waals surface area contributed by atoms with Crippen molar-refractivity contribution in [3.8, 4) is 0 Å². The molecule has 140 valence electrons. The van der Waals surface area contributed by atoms with Gasteiger partial charge in [0.2, 0.25) is 0 Å². The monoisotopic (exact) mass is 349 g/mol. The molecule has 1 aliphatic rings. The molecule has 6 heteroatoms. The van der Waals surface area contributed by atoms with Crippen molar-refractivity contribution in [3.05, 3.63) is 29.8 Å². The van der Waals surface area contributed by atoms with Crippen LogP contribution in [0.25, 0.3) is 0 Å². The number of hydrogen-bond acceptors (Lipinski definition) is 5. The average molecular weight is 349 g/mol. The van der Waals surface area contributed by atoms with Crippen molar-refractivity contribution in [1.29, 1.82) is 0 Å². The van der Waals surface area contributed by atoms with E-state index in [1.54, 1.807) is 0 Å². The molecule has 1 heterocycles. The van der Waals surface area contributed by atoms with Crippen molar-refractivity contribution in [3.63, 3.8) is 0 Å². The van der Waals surface area contributed by atoms with Gasteiger partial charge < -0.3 is 24.5 Å². The third kappa shape index (κ3) is 5.53. The zero-order valence-corrected chi connectivity index (χ0v) is 16.2. The van der Waals surface area contributed by atoms with Crippen LogP contribution >= 0.6 is 0 Å². The van der Waals surface area contributed by atoms with Gasteiger partial charge in [0.25, 0.3) is 0 Å². The summed E-state index contributed by atoms with van der Waals surface area (Å²) < 4.78 is 17.5. The van der Waals surface area contributed by atoms with Gasteiger partial charge in [-0.2, -0.15) is 0 Å². The highest BCUT2D eigenvalue weighted by Gasteiger charge is 2.51. The van der Waals surface area contributed by atoms with E-state index in [1.807, 2.05) is 12.1 Å². The Morgan fingerprint density at radius 1 is 1.12 bits per heavy atom. The summed E-state index contributed by atoms with van der Waals surface area (Å²) in [6, 6.07) is 8.21. The maximum absolute atomic E-state index is 9.82. The van der Waals surface area contributed by atoms with Crippen molar-refractivity contribution >= 4 is 12.6 Å². The number of benzene rings is 1. The molecule has 1 aromatic carbocycles. The number of rotatable bonds is 9. The molecular formula is C19H32BNO4. The third-order valence-corrected chi connectivity index (χ3v) is 4.87. The summed E-state index contributed by atoms with van der Waals surface area (Å²) in [6.45, 7) is 12.6. The highest BCUT2D eigenvalue weighted by molar-refractivity contribution is 6.62. The first-order valence-corrected chi connectivity index (χ1v) is 9.16. The Labute approximate surface area is 152 Å². The molecule has 0 spiro atoms. The van der Waals surface area contributed by atoms with Crippen LogP contribution in [-0.4, -0.2) is 49.3 Å². The van der Waals surface area contributed by atoms with Crippen LogP contribution in [0.5, 0.6) is 0 Å². The zero-order valence-electron chi connectivity index (χ0n) is 16.2. The molecule has 1 fully saturated rings. The van der Waals surface area contributed by atoms with E-state index in [9.17, 15) is 5.11 Å². The molecule has 0 aromatic heterocycles. The lowest BCUT2D eigenvalue weighted by molar-refractivity contribution is 0.00578. The quantitative estimate of drug-likeness (QED) is 0.527. The predicted molar refractivity (Wildman–Crippen MR) is 101 cm³/mol. The van der Waals surface area contributed by atoms with Crippen molar-refractivity contribution in [2.75, 3.05) is 19.8 Å². The first kappa shape index (κ1) is 20.4. The van der Waals surface area contributed by atoms with Crippen molar-refractivity contribution < 1.29 is 19.2 Å². The van der Waals surface area contributed by atoms with Crippen LogP contribution in [0.15, 0.2) is 24.3 Å². The summed E-state index contributed by atoms with van der Waals surface area (Å²) in [6.07, 6.45) is 0.491. The molecule has 25 heavy (non-hydrogen) atoms. The van der Waals surface area contributed by atoms with E-state index in [1.165, 1.54) is 0 Å². The van der Waals surface area contributed by atoms with Gasteiger partial charge in [-0.3, -0.25) is 0 Å². The SMILES string of the molecule is CCCOCC(O)CNCc1ccc(B2OC(C)(C)C(C)(C)O2)cc1. The molecular weight excluding hydrogens is 317 g/mol. The van der Waals surface area contributed by atoms with Crippen LogP contribution in [-0.2, 0) is 20.6 Å². The van der Waals surface area contributed by atoms with Crippen LogP contribution in [0.4, 0.5) is 0 Å². The van der Waals surface area contributed by atoms with Crippen LogP contribution < -0.4 is 10.8 Å². The highest BCUT2D eigenvalue weighted by atomic mass is 16.7. The van der Waals surface area contributed by atoms with Gasteiger partial charge in [-0.25, -0.2) is 0 Å². The fraction of sp³-hybridized carbons (Fsp3) is 0.684. The standard InChI is InChI=1S/C19H32BNO4/c1-6-11-23-14-17(22)13-21-12-15-7-9-16(10-8-15)20-24-18(2,3)19(4,5)25-20/h7-10,17,21-22H,6,11-14H2,1-5H3. The molecule has 1 aliphatic heterocycles. The Morgan fingerprint density at radius 2 is 1.72 bits per heavy atom. The Bertz CT molecular complexity index is 517. The third-order valence-electron chi connectivity index (χ3n) is 4.87. The second kappa shape index (κ2) is 8.65. The molecule has 2 N–H and O–H groups in total. The maximum Gasteiger partial charge on any atom is 0.494 e. The number of ether oxygens (including phenoxy) is 1. The highest BCUT2D eigenvalue weighted by Crippen LogP contribution is 2.36. The van der Waals surface area contributed by atoms with Crippen molar-refractivity contribution in [1.82, 2.24) is 5.32 Å². The average Bonchev–Trinajstić information content (AvgIpc) is 2.76. The van der Waals surface area contributed by atoms with Crippen LogP contribution in [0.2, 0.25) is 0 Å². The first-order valence-electron chi connectivity index (χ1n) is 9.16. The van der Waals surface area contributed by atoms with Gasteiger partial charge in [-0.15, -0.1) is 0 Å². The topological polar surface area (TPSA) is 60.0 Å². The molecule has 0 bridgehead atoms. The van der Waals surface area contributed by atoms with Gasteiger partial charge >= 0.3 is 7.12 Å². The van der Waals surface area contributed by atoms with Gasteiger partial charge in [-0.05, 0) is 45.1 Å². The lowest BCUT2D eigenvalue weighted by atomic mass is 9.79. The molecule has 5 nitrogen and oxygen atoms in total. The summed E-state index contributed by atoms with van der Waals surface area (Å²) in [4.78, 5) is 0. The van der Waals surface area contributed by atoms with Crippen LogP contribution in [0.1, 0.15) is 46.6 Å².